The van der Waals surface area contributed by atoms with Crippen molar-refractivity contribution in [1.29, 1.82) is 0 Å². The lowest BCUT2D eigenvalue weighted by atomic mass is 9.89. The van der Waals surface area contributed by atoms with Crippen molar-refractivity contribution in [2.45, 2.75) is 18.8 Å². The number of halogens is 3. The highest BCUT2D eigenvalue weighted by Crippen LogP contribution is 2.35. The summed E-state index contributed by atoms with van der Waals surface area (Å²) in [6, 6.07) is 11.5. The molecule has 0 unspecified atom stereocenters. The molecule has 34 heavy (non-hydrogen) atoms. The SMILES string of the molecule is COc1ccc(Cl)cc1Nc1c(C(=O)N2CCC(c3ccc(F)cc3)CC2)cn(C)c(=O)c1Cl. The molecule has 6 nitrogen and oxygen atoms in total. The van der Waals surface area contributed by atoms with Crippen LogP contribution in [0.5, 0.6) is 5.75 Å². The molecule has 178 valence electrons. The molecule has 1 saturated heterocycles. The molecule has 0 spiro atoms. The van der Waals surface area contributed by atoms with E-state index in [9.17, 15) is 14.0 Å². The van der Waals surface area contributed by atoms with Crippen LogP contribution < -0.4 is 15.6 Å². The zero-order valence-corrected chi connectivity index (χ0v) is 20.3. The molecule has 9 heteroatoms. The van der Waals surface area contributed by atoms with Crippen LogP contribution in [0.3, 0.4) is 0 Å². The maximum atomic E-state index is 13.5. The number of hydrogen-bond donors (Lipinski definition) is 1. The Kier molecular flexibility index (Phi) is 7.14. The molecule has 0 atom stereocenters. The smallest absolute Gasteiger partial charge is 0.271 e. The highest BCUT2D eigenvalue weighted by molar-refractivity contribution is 6.34. The van der Waals surface area contributed by atoms with Crippen LogP contribution in [0.15, 0.2) is 53.5 Å². The molecule has 4 rings (SSSR count). The van der Waals surface area contributed by atoms with E-state index in [2.05, 4.69) is 5.32 Å². The fourth-order valence-electron chi connectivity index (χ4n) is 4.21. The molecule has 0 radical (unpaired) electrons. The van der Waals surface area contributed by atoms with Crippen LogP contribution in [-0.4, -0.2) is 35.6 Å². The van der Waals surface area contributed by atoms with E-state index in [0.29, 0.717) is 29.5 Å². The van der Waals surface area contributed by atoms with Gasteiger partial charge in [-0.1, -0.05) is 35.3 Å². The van der Waals surface area contributed by atoms with E-state index in [1.807, 2.05) is 0 Å². The third-order valence-corrected chi connectivity index (χ3v) is 6.68. The second kappa shape index (κ2) is 10.1. The minimum Gasteiger partial charge on any atom is -0.495 e. The van der Waals surface area contributed by atoms with Gasteiger partial charge in [0.25, 0.3) is 11.5 Å². The zero-order chi connectivity index (χ0) is 24.4. The number of hydrogen-bond acceptors (Lipinski definition) is 4. The van der Waals surface area contributed by atoms with Gasteiger partial charge in [0.05, 0.1) is 24.0 Å². The number of aromatic nitrogens is 1. The van der Waals surface area contributed by atoms with Crippen LogP contribution in [0, 0.1) is 5.82 Å². The average Bonchev–Trinajstić information content (AvgIpc) is 2.84. The van der Waals surface area contributed by atoms with Gasteiger partial charge >= 0.3 is 0 Å². The highest BCUT2D eigenvalue weighted by atomic mass is 35.5. The molecule has 0 bridgehead atoms. The summed E-state index contributed by atoms with van der Waals surface area (Å²) in [6.45, 7) is 1.06. The van der Waals surface area contributed by atoms with Crippen LogP contribution >= 0.6 is 23.2 Å². The minimum atomic E-state index is -0.434. The second-order valence-electron chi connectivity index (χ2n) is 8.24. The van der Waals surface area contributed by atoms with E-state index in [0.717, 1.165) is 18.4 Å². The van der Waals surface area contributed by atoms with Crippen molar-refractivity contribution in [3.8, 4) is 5.75 Å². The van der Waals surface area contributed by atoms with Crippen LogP contribution in [0.1, 0.15) is 34.7 Å². The number of amides is 1. The van der Waals surface area contributed by atoms with Gasteiger partial charge in [-0.3, -0.25) is 9.59 Å². The third kappa shape index (κ3) is 4.91. The highest BCUT2D eigenvalue weighted by Gasteiger charge is 2.28. The van der Waals surface area contributed by atoms with Crippen molar-refractivity contribution in [2.24, 2.45) is 7.05 Å². The van der Waals surface area contributed by atoms with Gasteiger partial charge in [0.2, 0.25) is 0 Å². The Balaban J connectivity index is 1.61. The standard InChI is InChI=1S/C25H24Cl2FN3O3/c1-30-14-19(23(22(27)25(30)33)29-20-13-17(26)5-8-21(20)34-2)24(32)31-11-9-16(10-12-31)15-3-6-18(28)7-4-15/h3-8,13-14,16,29H,9-12H2,1-2H3. The number of aryl methyl sites for hydroxylation is 1. The van der Waals surface area contributed by atoms with Gasteiger partial charge < -0.3 is 19.5 Å². The number of rotatable bonds is 5. The molecule has 1 N–H and O–H groups in total. The first-order valence-electron chi connectivity index (χ1n) is 10.8. The lowest BCUT2D eigenvalue weighted by molar-refractivity contribution is 0.0713. The molecular weight excluding hydrogens is 480 g/mol. The molecule has 2 heterocycles. The van der Waals surface area contributed by atoms with Gasteiger partial charge in [0.15, 0.2) is 0 Å². The predicted octanol–water partition coefficient (Wildman–Crippen LogP) is 5.60. The van der Waals surface area contributed by atoms with Gasteiger partial charge in [0, 0.05) is 31.4 Å². The van der Waals surface area contributed by atoms with E-state index in [1.165, 1.54) is 30.0 Å². The van der Waals surface area contributed by atoms with Crippen LogP contribution in [-0.2, 0) is 7.05 Å². The Bertz CT molecular complexity index is 1270. The Labute approximate surface area is 206 Å². The Hall–Kier alpha value is -3.03. The topological polar surface area (TPSA) is 63.6 Å². The number of likely N-dealkylation sites (tertiary alicyclic amines) is 1. The third-order valence-electron chi connectivity index (χ3n) is 6.09. The van der Waals surface area contributed by atoms with Gasteiger partial charge in [0.1, 0.15) is 16.6 Å². The number of pyridine rings is 1. The Morgan fingerprint density at radius 3 is 2.44 bits per heavy atom. The summed E-state index contributed by atoms with van der Waals surface area (Å²) in [6.07, 6.45) is 2.99. The molecule has 2 aromatic carbocycles. The number of nitrogens with zero attached hydrogens (tertiary/aromatic N) is 2. The molecule has 1 fully saturated rings. The fraction of sp³-hybridized carbons (Fsp3) is 0.280. The molecule has 1 aliphatic rings. The van der Waals surface area contributed by atoms with E-state index in [-0.39, 0.29) is 33.9 Å². The zero-order valence-electron chi connectivity index (χ0n) is 18.8. The van der Waals surface area contributed by atoms with Gasteiger partial charge in [-0.25, -0.2) is 4.39 Å². The van der Waals surface area contributed by atoms with E-state index in [4.69, 9.17) is 27.9 Å². The van der Waals surface area contributed by atoms with Crippen LogP contribution in [0.25, 0.3) is 0 Å². The van der Waals surface area contributed by atoms with Gasteiger partial charge in [-0.05, 0) is 54.7 Å². The summed E-state index contributed by atoms with van der Waals surface area (Å²) < 4.78 is 19.9. The fourth-order valence-corrected chi connectivity index (χ4v) is 4.67. The molecular formula is C25H24Cl2FN3O3. The molecule has 1 aromatic heterocycles. The number of nitrogens with one attached hydrogen (secondary N) is 1. The number of ether oxygens (including phenoxy) is 1. The molecule has 0 aliphatic carbocycles. The summed E-state index contributed by atoms with van der Waals surface area (Å²) >= 11 is 12.6. The second-order valence-corrected chi connectivity index (χ2v) is 9.05. The van der Waals surface area contributed by atoms with Crippen LogP contribution in [0.4, 0.5) is 15.8 Å². The summed E-state index contributed by atoms with van der Waals surface area (Å²) in [5.74, 6) is 0.235. The van der Waals surface area contributed by atoms with Crippen molar-refractivity contribution >= 4 is 40.5 Å². The van der Waals surface area contributed by atoms with E-state index < -0.39 is 5.56 Å². The maximum absolute atomic E-state index is 13.5. The minimum absolute atomic E-state index is 0.100. The quantitative estimate of drug-likeness (QED) is 0.491. The lowest BCUT2D eigenvalue weighted by Crippen LogP contribution is -2.39. The normalized spacial score (nSPS) is 14.2. The first kappa shape index (κ1) is 24.1. The summed E-state index contributed by atoms with van der Waals surface area (Å²) in [5.41, 5.74) is 1.59. The summed E-state index contributed by atoms with van der Waals surface area (Å²) in [4.78, 5) is 27.8. The van der Waals surface area contributed by atoms with Gasteiger partial charge in [-0.15, -0.1) is 0 Å². The molecule has 0 saturated carbocycles. The number of carbonyl (C=O) groups excluding carboxylic acids is 1. The summed E-state index contributed by atoms with van der Waals surface area (Å²) in [5, 5.41) is 3.45. The predicted molar refractivity (Wildman–Crippen MR) is 132 cm³/mol. The first-order valence-corrected chi connectivity index (χ1v) is 11.6. The molecule has 1 amide bonds. The number of piperidine rings is 1. The van der Waals surface area contributed by atoms with E-state index >= 15 is 0 Å². The molecule has 3 aromatic rings. The van der Waals surface area contributed by atoms with E-state index in [1.54, 1.807) is 42.3 Å². The van der Waals surface area contributed by atoms with Crippen molar-refractivity contribution < 1.29 is 13.9 Å². The largest absolute Gasteiger partial charge is 0.495 e. The first-order chi connectivity index (χ1) is 16.3. The number of methoxy groups -OCH3 is 1. The van der Waals surface area contributed by atoms with Crippen molar-refractivity contribution in [3.05, 3.63) is 86.0 Å². The average molecular weight is 504 g/mol. The maximum Gasteiger partial charge on any atom is 0.271 e. The monoisotopic (exact) mass is 503 g/mol. The number of anilines is 2. The summed E-state index contributed by atoms with van der Waals surface area (Å²) in [7, 11) is 3.06. The van der Waals surface area contributed by atoms with Crippen molar-refractivity contribution in [1.82, 2.24) is 9.47 Å². The van der Waals surface area contributed by atoms with Crippen LogP contribution in [0.2, 0.25) is 10.0 Å². The van der Waals surface area contributed by atoms with Crippen molar-refractivity contribution in [3.63, 3.8) is 0 Å². The lowest BCUT2D eigenvalue weighted by Gasteiger charge is -2.33. The number of benzene rings is 2. The molecule has 1 aliphatic heterocycles. The Morgan fingerprint density at radius 2 is 1.79 bits per heavy atom. The van der Waals surface area contributed by atoms with Crippen molar-refractivity contribution in [2.75, 3.05) is 25.5 Å². The van der Waals surface area contributed by atoms with Gasteiger partial charge in [-0.2, -0.15) is 0 Å². The Morgan fingerprint density at radius 1 is 1.12 bits per heavy atom. The number of carbonyl (C=O) groups is 1.